The molecule has 0 saturated heterocycles. The number of imidazole rings is 1. The molecule has 0 aliphatic heterocycles. The number of rotatable bonds is 5. The number of nitrogens with zero attached hydrogens (tertiary/aromatic N) is 5. The lowest BCUT2D eigenvalue weighted by Gasteiger charge is -2.11. The zero-order valence-corrected chi connectivity index (χ0v) is 17.9. The quantitative estimate of drug-likeness (QED) is 0.422. The third-order valence-electron chi connectivity index (χ3n) is 6.04. The molecule has 1 aromatic carbocycles. The smallest absolute Gasteiger partial charge is 0.165 e. The van der Waals surface area contributed by atoms with Crippen molar-refractivity contribution in [2.45, 2.75) is 25.4 Å². The van der Waals surface area contributed by atoms with Crippen LogP contribution >= 0.6 is 0 Å². The molecule has 0 amide bonds. The molecule has 6 rings (SSSR count). The number of anilines is 1. The average Bonchev–Trinajstić information content (AvgIpc) is 3.65. The molecule has 3 N–H and O–H groups in total. The fraction of sp³-hybridized carbons (Fsp3) is 0.154. The first kappa shape index (κ1) is 19.6. The maximum absolute atomic E-state index is 9.46. The van der Waals surface area contributed by atoms with Crippen molar-refractivity contribution in [3.05, 3.63) is 84.3 Å². The van der Waals surface area contributed by atoms with Gasteiger partial charge in [0, 0.05) is 35.3 Å². The van der Waals surface area contributed by atoms with E-state index in [0.717, 1.165) is 39.3 Å². The molecule has 0 unspecified atom stereocenters. The normalized spacial score (nSPS) is 13.5. The number of nitrogen functional groups attached to an aromatic ring is 1. The van der Waals surface area contributed by atoms with Gasteiger partial charge in [-0.15, -0.1) is 0 Å². The minimum Gasteiger partial charge on any atom is -0.392 e. The van der Waals surface area contributed by atoms with Crippen LogP contribution in [-0.4, -0.2) is 29.6 Å². The molecule has 0 radical (unpaired) electrons. The summed E-state index contributed by atoms with van der Waals surface area (Å²) >= 11 is 0. The Bertz CT molecular complexity index is 1450. The van der Waals surface area contributed by atoms with Gasteiger partial charge >= 0.3 is 0 Å². The van der Waals surface area contributed by atoms with Crippen molar-refractivity contribution in [2.75, 3.05) is 5.73 Å². The van der Waals surface area contributed by atoms with Crippen LogP contribution in [-0.2, 0) is 6.61 Å². The van der Waals surface area contributed by atoms with E-state index in [4.69, 9.17) is 15.7 Å². The van der Waals surface area contributed by atoms with Crippen molar-refractivity contribution in [3.63, 3.8) is 0 Å². The molecule has 33 heavy (non-hydrogen) atoms. The molecule has 1 aliphatic carbocycles. The second kappa shape index (κ2) is 7.79. The number of benzene rings is 1. The molecule has 5 aromatic rings. The topological polar surface area (TPSA) is 103 Å². The van der Waals surface area contributed by atoms with Crippen molar-refractivity contribution < 1.29 is 5.11 Å². The van der Waals surface area contributed by atoms with Crippen LogP contribution in [0.5, 0.6) is 0 Å². The van der Waals surface area contributed by atoms with Crippen molar-refractivity contribution in [3.8, 4) is 28.3 Å². The Kier molecular flexibility index (Phi) is 4.62. The summed E-state index contributed by atoms with van der Waals surface area (Å²) in [5.74, 6) is 1.69. The number of hydrogen-bond acceptors (Lipinski definition) is 6. The molecule has 4 heterocycles. The van der Waals surface area contributed by atoms with Gasteiger partial charge in [-0.1, -0.05) is 12.1 Å². The van der Waals surface area contributed by atoms with Gasteiger partial charge in [0.1, 0.15) is 11.3 Å². The van der Waals surface area contributed by atoms with Crippen LogP contribution in [0.25, 0.3) is 39.5 Å². The summed E-state index contributed by atoms with van der Waals surface area (Å²) in [6.45, 7) is -0.0143. The average molecular weight is 435 g/mol. The van der Waals surface area contributed by atoms with E-state index in [2.05, 4.69) is 22.1 Å². The molecule has 0 spiro atoms. The van der Waals surface area contributed by atoms with Crippen LogP contribution in [0.2, 0.25) is 0 Å². The summed E-state index contributed by atoms with van der Waals surface area (Å²) in [5, 5.41) is 9.46. The molecule has 4 aromatic heterocycles. The Balaban J connectivity index is 1.54. The molecule has 1 fully saturated rings. The van der Waals surface area contributed by atoms with Crippen molar-refractivity contribution in [1.29, 1.82) is 0 Å². The van der Waals surface area contributed by atoms with Crippen LogP contribution < -0.4 is 5.73 Å². The molecule has 7 heteroatoms. The summed E-state index contributed by atoms with van der Waals surface area (Å²) in [4.78, 5) is 18.7. The summed E-state index contributed by atoms with van der Waals surface area (Å²) in [5.41, 5.74) is 13.1. The largest absolute Gasteiger partial charge is 0.392 e. The van der Waals surface area contributed by atoms with Gasteiger partial charge in [0.15, 0.2) is 11.5 Å². The van der Waals surface area contributed by atoms with Gasteiger partial charge in [-0.05, 0) is 66.9 Å². The Labute approximate surface area is 190 Å². The van der Waals surface area contributed by atoms with Gasteiger partial charge in [-0.25, -0.2) is 15.0 Å². The van der Waals surface area contributed by atoms with E-state index in [-0.39, 0.29) is 6.61 Å². The molecular formula is C26H22N6O. The van der Waals surface area contributed by atoms with Gasteiger partial charge in [0.05, 0.1) is 17.9 Å². The predicted octanol–water partition coefficient (Wildman–Crippen LogP) is 4.50. The zero-order valence-electron chi connectivity index (χ0n) is 17.9. The Hall–Kier alpha value is -4.10. The van der Waals surface area contributed by atoms with Crippen LogP contribution in [0.15, 0.2) is 73.1 Å². The molecule has 7 nitrogen and oxygen atoms in total. The molecule has 1 saturated carbocycles. The van der Waals surface area contributed by atoms with Crippen LogP contribution in [0.1, 0.15) is 30.0 Å². The van der Waals surface area contributed by atoms with E-state index >= 15 is 0 Å². The Morgan fingerprint density at radius 2 is 1.79 bits per heavy atom. The number of fused-ring (bicyclic) bond motifs is 1. The second-order valence-electron chi connectivity index (χ2n) is 8.32. The Morgan fingerprint density at radius 3 is 2.48 bits per heavy atom. The Morgan fingerprint density at radius 1 is 0.939 bits per heavy atom. The SMILES string of the molecule is Nc1ncccc1-c1nc2ccc(-c3ccc(C4CC4)nc3)nc2n1-c1ccc(CO)cc1. The maximum atomic E-state index is 9.46. The van der Waals surface area contributed by atoms with E-state index in [0.29, 0.717) is 23.2 Å². The monoisotopic (exact) mass is 434 g/mol. The first-order valence-electron chi connectivity index (χ1n) is 11.0. The summed E-state index contributed by atoms with van der Waals surface area (Å²) in [7, 11) is 0. The first-order valence-corrected chi connectivity index (χ1v) is 11.0. The van der Waals surface area contributed by atoms with E-state index < -0.39 is 0 Å². The van der Waals surface area contributed by atoms with E-state index in [1.165, 1.54) is 12.8 Å². The van der Waals surface area contributed by atoms with Crippen molar-refractivity contribution in [2.24, 2.45) is 0 Å². The van der Waals surface area contributed by atoms with E-state index in [1.807, 2.05) is 59.3 Å². The number of aliphatic hydroxyl groups is 1. The maximum Gasteiger partial charge on any atom is 0.165 e. The lowest BCUT2D eigenvalue weighted by atomic mass is 10.1. The van der Waals surface area contributed by atoms with Crippen molar-refractivity contribution in [1.82, 2.24) is 24.5 Å². The number of hydrogen-bond donors (Lipinski definition) is 2. The number of nitrogens with two attached hydrogens (primary N) is 1. The van der Waals surface area contributed by atoms with Gasteiger partial charge in [-0.3, -0.25) is 9.55 Å². The highest BCUT2D eigenvalue weighted by Crippen LogP contribution is 2.39. The summed E-state index contributed by atoms with van der Waals surface area (Å²) < 4.78 is 1.99. The lowest BCUT2D eigenvalue weighted by Crippen LogP contribution is -2.02. The zero-order chi connectivity index (χ0) is 22.4. The van der Waals surface area contributed by atoms with Crippen molar-refractivity contribution >= 4 is 17.0 Å². The number of aromatic nitrogens is 5. The predicted molar refractivity (Wildman–Crippen MR) is 128 cm³/mol. The summed E-state index contributed by atoms with van der Waals surface area (Å²) in [6.07, 6.45) is 6.02. The fourth-order valence-electron chi connectivity index (χ4n) is 4.08. The fourth-order valence-corrected chi connectivity index (χ4v) is 4.08. The highest BCUT2D eigenvalue weighted by molar-refractivity contribution is 5.84. The van der Waals surface area contributed by atoms with Gasteiger partial charge < -0.3 is 10.8 Å². The third kappa shape index (κ3) is 3.52. The number of pyridine rings is 3. The van der Waals surface area contributed by atoms with E-state index in [9.17, 15) is 5.11 Å². The summed E-state index contributed by atoms with van der Waals surface area (Å²) in [6, 6.07) is 19.6. The third-order valence-corrected chi connectivity index (χ3v) is 6.04. The molecule has 0 atom stereocenters. The van der Waals surface area contributed by atoms with Crippen LogP contribution in [0, 0.1) is 0 Å². The standard InChI is InChI=1S/C26H22N6O/c27-24-20(2-1-13-28-24)25-31-23-12-11-22(18-7-10-21(29-14-18)17-5-6-17)30-26(23)32(25)19-8-3-16(15-33)4-9-19/h1-4,7-14,17,33H,5-6,15H2,(H2,27,28). The first-order chi connectivity index (χ1) is 16.2. The molecule has 162 valence electrons. The van der Waals surface area contributed by atoms with Gasteiger partial charge in [-0.2, -0.15) is 0 Å². The van der Waals surface area contributed by atoms with Gasteiger partial charge in [0.2, 0.25) is 0 Å². The lowest BCUT2D eigenvalue weighted by molar-refractivity contribution is 0.282. The molecule has 1 aliphatic rings. The second-order valence-corrected chi connectivity index (χ2v) is 8.32. The minimum absolute atomic E-state index is 0.0143. The molecule has 0 bridgehead atoms. The van der Waals surface area contributed by atoms with E-state index in [1.54, 1.807) is 6.20 Å². The number of aliphatic hydroxyl groups excluding tert-OH is 1. The van der Waals surface area contributed by atoms with Crippen LogP contribution in [0.3, 0.4) is 0 Å². The highest BCUT2D eigenvalue weighted by Gasteiger charge is 2.24. The highest BCUT2D eigenvalue weighted by atomic mass is 16.3. The van der Waals surface area contributed by atoms with Crippen LogP contribution in [0.4, 0.5) is 5.82 Å². The minimum atomic E-state index is -0.0143. The molecular weight excluding hydrogens is 412 g/mol. The van der Waals surface area contributed by atoms with Gasteiger partial charge in [0.25, 0.3) is 0 Å².